The molecule has 1 unspecified atom stereocenters. The Hall–Kier alpha value is -1.42. The Labute approximate surface area is 113 Å². The summed E-state index contributed by atoms with van der Waals surface area (Å²) in [6.07, 6.45) is 2.89. The smallest absolute Gasteiger partial charge is 0.230 e. The fraction of sp³-hybridized carbons (Fsp3) is 0.533. The molecule has 0 aromatic heterocycles. The van der Waals surface area contributed by atoms with Crippen LogP contribution in [0.25, 0.3) is 0 Å². The zero-order valence-electron chi connectivity index (χ0n) is 11.3. The molecule has 0 aliphatic heterocycles. The van der Waals surface area contributed by atoms with Crippen molar-refractivity contribution in [3.8, 4) is 0 Å². The Morgan fingerprint density at radius 2 is 2.16 bits per heavy atom. The summed E-state index contributed by atoms with van der Waals surface area (Å²) in [6, 6.07) is 6.43. The number of rotatable bonds is 6. The predicted molar refractivity (Wildman–Crippen MR) is 74.3 cm³/mol. The Morgan fingerprint density at radius 1 is 1.47 bits per heavy atom. The summed E-state index contributed by atoms with van der Waals surface area (Å²) in [7, 11) is 0. The highest BCUT2D eigenvalue weighted by Gasteiger charge is 2.35. The third kappa shape index (κ3) is 3.32. The van der Waals surface area contributed by atoms with E-state index in [1.165, 1.54) is 6.07 Å². The predicted octanol–water partition coefficient (Wildman–Crippen LogP) is 2.55. The van der Waals surface area contributed by atoms with Gasteiger partial charge < -0.3 is 10.6 Å². The molecular weight excluding hydrogens is 243 g/mol. The van der Waals surface area contributed by atoms with Crippen LogP contribution in [0.3, 0.4) is 0 Å². The highest BCUT2D eigenvalue weighted by atomic mass is 19.1. The van der Waals surface area contributed by atoms with Gasteiger partial charge in [0.05, 0.1) is 5.69 Å². The largest absolute Gasteiger partial charge is 0.330 e. The molecule has 19 heavy (non-hydrogen) atoms. The van der Waals surface area contributed by atoms with Gasteiger partial charge in [0.1, 0.15) is 5.82 Å². The molecule has 1 aromatic carbocycles. The van der Waals surface area contributed by atoms with Gasteiger partial charge in [0.2, 0.25) is 5.91 Å². The summed E-state index contributed by atoms with van der Waals surface area (Å²) in [5, 5.41) is 0. The lowest BCUT2D eigenvalue weighted by Gasteiger charge is -2.26. The summed E-state index contributed by atoms with van der Waals surface area (Å²) in [5.41, 5.74) is 5.88. The van der Waals surface area contributed by atoms with E-state index in [1.807, 2.05) is 6.92 Å². The lowest BCUT2D eigenvalue weighted by molar-refractivity contribution is -0.122. The Bertz CT molecular complexity index is 446. The molecule has 1 aromatic rings. The molecule has 1 aliphatic carbocycles. The minimum atomic E-state index is -0.351. The lowest BCUT2D eigenvalue weighted by atomic mass is 10.0. The van der Waals surface area contributed by atoms with Crippen molar-refractivity contribution in [1.29, 1.82) is 0 Å². The van der Waals surface area contributed by atoms with E-state index in [4.69, 9.17) is 5.73 Å². The Kier molecular flexibility index (Phi) is 4.53. The first-order valence-electron chi connectivity index (χ1n) is 6.91. The first-order valence-corrected chi connectivity index (χ1v) is 6.91. The molecule has 1 saturated carbocycles. The van der Waals surface area contributed by atoms with Crippen LogP contribution in [0, 0.1) is 17.7 Å². The van der Waals surface area contributed by atoms with Crippen molar-refractivity contribution in [2.75, 3.05) is 18.0 Å². The van der Waals surface area contributed by atoms with Gasteiger partial charge in [-0.1, -0.05) is 19.1 Å². The number of hydrogen-bond acceptors (Lipinski definition) is 2. The second kappa shape index (κ2) is 6.15. The first kappa shape index (κ1) is 14.0. The van der Waals surface area contributed by atoms with E-state index in [9.17, 15) is 9.18 Å². The fourth-order valence-corrected chi connectivity index (χ4v) is 2.31. The van der Waals surface area contributed by atoms with Crippen LogP contribution >= 0.6 is 0 Å². The molecule has 2 N–H and O–H groups in total. The maximum Gasteiger partial charge on any atom is 0.230 e. The number of anilines is 1. The highest BCUT2D eigenvalue weighted by molar-refractivity contribution is 5.95. The molecular formula is C15H21FN2O. The molecule has 104 valence electrons. The average molecular weight is 264 g/mol. The van der Waals surface area contributed by atoms with Crippen molar-refractivity contribution >= 4 is 11.6 Å². The van der Waals surface area contributed by atoms with E-state index >= 15 is 0 Å². The van der Waals surface area contributed by atoms with Gasteiger partial charge in [-0.25, -0.2) is 4.39 Å². The number of para-hydroxylation sites is 1. The monoisotopic (exact) mass is 264 g/mol. The van der Waals surface area contributed by atoms with Crippen molar-refractivity contribution in [2.45, 2.75) is 26.2 Å². The van der Waals surface area contributed by atoms with E-state index in [2.05, 4.69) is 0 Å². The number of carbonyl (C=O) groups excluding carboxylic acids is 1. The van der Waals surface area contributed by atoms with Gasteiger partial charge in [-0.3, -0.25) is 4.79 Å². The number of amides is 1. The quantitative estimate of drug-likeness (QED) is 0.858. The number of nitrogens with two attached hydrogens (primary N) is 1. The zero-order chi connectivity index (χ0) is 13.8. The molecule has 0 bridgehead atoms. The van der Waals surface area contributed by atoms with Gasteiger partial charge in [0.25, 0.3) is 0 Å². The molecule has 0 heterocycles. The van der Waals surface area contributed by atoms with E-state index in [0.29, 0.717) is 31.1 Å². The second-order valence-electron chi connectivity index (χ2n) is 5.21. The maximum absolute atomic E-state index is 13.9. The van der Waals surface area contributed by atoms with Gasteiger partial charge in [0, 0.05) is 12.5 Å². The Morgan fingerprint density at radius 3 is 2.74 bits per heavy atom. The maximum atomic E-state index is 13.9. The van der Waals surface area contributed by atoms with Gasteiger partial charge in [-0.2, -0.15) is 0 Å². The third-order valence-corrected chi connectivity index (χ3v) is 3.71. The third-order valence-electron chi connectivity index (χ3n) is 3.71. The molecule has 2 rings (SSSR count). The van der Waals surface area contributed by atoms with Crippen LogP contribution < -0.4 is 10.6 Å². The van der Waals surface area contributed by atoms with Crippen LogP contribution in [0.5, 0.6) is 0 Å². The molecule has 3 nitrogen and oxygen atoms in total. The zero-order valence-corrected chi connectivity index (χ0v) is 11.3. The SMILES string of the molecule is CC(C(=O)N(CCCN)c1ccccc1F)C1CC1. The normalized spacial score (nSPS) is 16.2. The second-order valence-corrected chi connectivity index (χ2v) is 5.21. The molecule has 1 atom stereocenters. The number of hydrogen-bond donors (Lipinski definition) is 1. The van der Waals surface area contributed by atoms with Gasteiger partial charge >= 0.3 is 0 Å². The van der Waals surface area contributed by atoms with Gasteiger partial charge in [0.15, 0.2) is 0 Å². The van der Waals surface area contributed by atoms with Crippen LogP contribution in [0.1, 0.15) is 26.2 Å². The Balaban J connectivity index is 2.19. The number of benzene rings is 1. The van der Waals surface area contributed by atoms with Crippen molar-refractivity contribution in [2.24, 2.45) is 17.6 Å². The standard InChI is InChI=1S/C15H21FN2O/c1-11(12-7-8-12)15(19)18(10-4-9-17)14-6-3-2-5-13(14)16/h2-3,5-6,11-12H,4,7-10,17H2,1H3. The number of nitrogens with zero attached hydrogens (tertiary/aromatic N) is 1. The van der Waals surface area contributed by atoms with Gasteiger partial charge in [-0.05, 0) is 43.9 Å². The van der Waals surface area contributed by atoms with Crippen LogP contribution in [-0.4, -0.2) is 19.0 Å². The van der Waals surface area contributed by atoms with E-state index in [0.717, 1.165) is 12.8 Å². The summed E-state index contributed by atoms with van der Waals surface area (Å²) in [6.45, 7) is 2.92. The van der Waals surface area contributed by atoms with Crippen molar-refractivity contribution < 1.29 is 9.18 Å². The molecule has 0 spiro atoms. The molecule has 1 fully saturated rings. The molecule has 0 saturated heterocycles. The molecule has 1 amide bonds. The number of halogens is 1. The summed E-state index contributed by atoms with van der Waals surface area (Å²) in [4.78, 5) is 14.1. The highest BCUT2D eigenvalue weighted by Crippen LogP contribution is 2.38. The first-order chi connectivity index (χ1) is 9.15. The topological polar surface area (TPSA) is 46.3 Å². The van der Waals surface area contributed by atoms with Crippen LogP contribution in [0.2, 0.25) is 0 Å². The molecule has 4 heteroatoms. The number of carbonyl (C=O) groups is 1. The van der Waals surface area contributed by atoms with Crippen molar-refractivity contribution in [3.63, 3.8) is 0 Å². The minimum Gasteiger partial charge on any atom is -0.330 e. The van der Waals surface area contributed by atoms with Crippen LogP contribution in [-0.2, 0) is 4.79 Å². The van der Waals surface area contributed by atoms with Crippen LogP contribution in [0.15, 0.2) is 24.3 Å². The summed E-state index contributed by atoms with van der Waals surface area (Å²) < 4.78 is 13.9. The van der Waals surface area contributed by atoms with Crippen molar-refractivity contribution in [3.05, 3.63) is 30.1 Å². The fourth-order valence-electron chi connectivity index (χ4n) is 2.31. The summed E-state index contributed by atoms with van der Waals surface area (Å²) >= 11 is 0. The summed E-state index contributed by atoms with van der Waals surface area (Å²) in [5.74, 6) is 0.106. The van der Waals surface area contributed by atoms with E-state index in [-0.39, 0.29) is 17.6 Å². The van der Waals surface area contributed by atoms with Crippen molar-refractivity contribution in [1.82, 2.24) is 0 Å². The minimum absolute atomic E-state index is 0.0149. The molecule has 0 radical (unpaired) electrons. The van der Waals surface area contributed by atoms with E-state index < -0.39 is 0 Å². The molecule has 1 aliphatic rings. The average Bonchev–Trinajstić information content (AvgIpc) is 3.24. The van der Waals surface area contributed by atoms with E-state index in [1.54, 1.807) is 23.1 Å². The van der Waals surface area contributed by atoms with Gasteiger partial charge in [-0.15, -0.1) is 0 Å². The van der Waals surface area contributed by atoms with Crippen LogP contribution in [0.4, 0.5) is 10.1 Å². The lowest BCUT2D eigenvalue weighted by Crippen LogP contribution is -2.38.